The summed E-state index contributed by atoms with van der Waals surface area (Å²) >= 11 is 5.91. The molecule has 4 aromatic rings. The predicted molar refractivity (Wildman–Crippen MR) is 116 cm³/mol. The van der Waals surface area contributed by atoms with E-state index in [2.05, 4.69) is 15.5 Å². The van der Waals surface area contributed by atoms with Gasteiger partial charge in [0.15, 0.2) is 11.4 Å². The number of benzene rings is 2. The van der Waals surface area contributed by atoms with Crippen LogP contribution in [0.4, 0.5) is 5.69 Å². The zero-order valence-corrected chi connectivity index (χ0v) is 17.7. The Bertz CT molecular complexity index is 1170. The van der Waals surface area contributed by atoms with Crippen molar-refractivity contribution in [2.24, 2.45) is 0 Å². The first-order chi connectivity index (χ1) is 14.9. The van der Waals surface area contributed by atoms with Gasteiger partial charge in [-0.05, 0) is 61.9 Å². The number of ether oxygens (including phenoxy) is 1. The maximum atomic E-state index is 12.9. The lowest BCUT2D eigenvalue weighted by Crippen LogP contribution is -2.42. The molecular formula is C23H20ClN3O4. The molecule has 0 radical (unpaired) electrons. The van der Waals surface area contributed by atoms with Gasteiger partial charge in [0.2, 0.25) is 11.7 Å². The minimum Gasteiger partial charge on any atom is -0.478 e. The molecule has 0 unspecified atom stereocenters. The number of furan rings is 1. The van der Waals surface area contributed by atoms with E-state index in [9.17, 15) is 4.79 Å². The summed E-state index contributed by atoms with van der Waals surface area (Å²) in [5.41, 5.74) is 0.351. The van der Waals surface area contributed by atoms with Crippen molar-refractivity contribution < 1.29 is 18.5 Å². The van der Waals surface area contributed by atoms with E-state index in [4.69, 9.17) is 25.3 Å². The molecule has 0 atom stereocenters. The van der Waals surface area contributed by atoms with Crippen LogP contribution < -0.4 is 10.1 Å². The van der Waals surface area contributed by atoms with Gasteiger partial charge < -0.3 is 19.0 Å². The monoisotopic (exact) mass is 437 g/mol. The predicted octanol–water partition coefficient (Wildman–Crippen LogP) is 5.37. The van der Waals surface area contributed by atoms with Crippen LogP contribution in [0, 0.1) is 0 Å². The first-order valence-electron chi connectivity index (χ1n) is 9.61. The van der Waals surface area contributed by atoms with E-state index in [-0.39, 0.29) is 5.91 Å². The number of para-hydroxylation sites is 1. The summed E-state index contributed by atoms with van der Waals surface area (Å²) in [6.07, 6.45) is 1.90. The summed E-state index contributed by atoms with van der Waals surface area (Å²) in [4.78, 5) is 17.3. The molecule has 4 rings (SSSR count). The highest BCUT2D eigenvalue weighted by Gasteiger charge is 2.30. The number of aromatic nitrogens is 2. The average molecular weight is 438 g/mol. The van der Waals surface area contributed by atoms with Gasteiger partial charge in [-0.15, -0.1) is 0 Å². The summed E-state index contributed by atoms with van der Waals surface area (Å²) in [7, 11) is 0. The second-order valence-corrected chi connectivity index (χ2v) is 7.78. The van der Waals surface area contributed by atoms with Crippen molar-refractivity contribution in [3.05, 3.63) is 83.4 Å². The van der Waals surface area contributed by atoms with Crippen LogP contribution in [0.2, 0.25) is 5.02 Å². The van der Waals surface area contributed by atoms with Crippen molar-refractivity contribution in [3.63, 3.8) is 0 Å². The van der Waals surface area contributed by atoms with Gasteiger partial charge in [0.05, 0.1) is 12.7 Å². The molecule has 8 heteroatoms. The van der Waals surface area contributed by atoms with Crippen LogP contribution in [0.1, 0.15) is 25.3 Å². The number of carbonyl (C=O) groups excluding carboxylic acids is 1. The number of anilines is 1. The molecule has 1 amide bonds. The highest BCUT2D eigenvalue weighted by molar-refractivity contribution is 6.30. The molecule has 0 aliphatic carbocycles. The van der Waals surface area contributed by atoms with Crippen LogP contribution in [-0.2, 0) is 11.2 Å². The molecule has 31 heavy (non-hydrogen) atoms. The summed E-state index contributed by atoms with van der Waals surface area (Å²) in [5, 5.41) is 7.48. The number of nitrogens with zero attached hydrogens (tertiary/aromatic N) is 2. The number of amides is 1. The van der Waals surface area contributed by atoms with E-state index >= 15 is 0 Å². The zero-order valence-electron chi connectivity index (χ0n) is 17.0. The van der Waals surface area contributed by atoms with Crippen LogP contribution in [0.5, 0.6) is 5.75 Å². The Morgan fingerprint density at radius 3 is 2.61 bits per heavy atom. The Morgan fingerprint density at radius 1 is 1.10 bits per heavy atom. The molecule has 2 aromatic heterocycles. The van der Waals surface area contributed by atoms with Gasteiger partial charge in [-0.25, -0.2) is 0 Å². The Hall–Kier alpha value is -3.58. The molecule has 2 heterocycles. The first kappa shape index (κ1) is 20.7. The Kier molecular flexibility index (Phi) is 5.77. The van der Waals surface area contributed by atoms with E-state index in [1.165, 1.54) is 0 Å². The van der Waals surface area contributed by atoms with Gasteiger partial charge >= 0.3 is 0 Å². The number of hydrogen-bond donors (Lipinski definition) is 1. The van der Waals surface area contributed by atoms with E-state index < -0.39 is 5.60 Å². The minimum atomic E-state index is -1.11. The molecule has 0 aliphatic heterocycles. The second-order valence-electron chi connectivity index (χ2n) is 7.34. The molecule has 7 nitrogen and oxygen atoms in total. The lowest BCUT2D eigenvalue weighted by Gasteiger charge is -2.26. The summed E-state index contributed by atoms with van der Waals surface area (Å²) < 4.78 is 16.5. The van der Waals surface area contributed by atoms with Gasteiger partial charge in [0, 0.05) is 10.7 Å². The molecular weight excluding hydrogens is 418 g/mol. The van der Waals surface area contributed by atoms with E-state index in [0.717, 1.165) is 5.56 Å². The maximum absolute atomic E-state index is 12.9. The lowest BCUT2D eigenvalue weighted by atomic mass is 10.1. The minimum absolute atomic E-state index is 0.295. The van der Waals surface area contributed by atoms with Gasteiger partial charge in [0.1, 0.15) is 5.75 Å². The molecule has 0 spiro atoms. The molecule has 2 aromatic carbocycles. The smallest absolute Gasteiger partial charge is 0.267 e. The topological polar surface area (TPSA) is 90.4 Å². The fourth-order valence-corrected chi connectivity index (χ4v) is 3.03. The van der Waals surface area contributed by atoms with Crippen molar-refractivity contribution in [2.45, 2.75) is 25.9 Å². The Labute approximate surface area is 184 Å². The Balaban J connectivity index is 1.48. The van der Waals surface area contributed by atoms with Crippen LogP contribution in [0.25, 0.3) is 11.6 Å². The zero-order chi connectivity index (χ0) is 21.8. The van der Waals surface area contributed by atoms with E-state index in [0.29, 0.717) is 40.4 Å². The molecule has 158 valence electrons. The molecule has 0 fully saturated rings. The van der Waals surface area contributed by atoms with Crippen LogP contribution in [-0.4, -0.2) is 21.6 Å². The van der Waals surface area contributed by atoms with E-state index in [1.807, 2.05) is 24.3 Å². The van der Waals surface area contributed by atoms with Gasteiger partial charge in [-0.2, -0.15) is 4.98 Å². The number of hydrogen-bond acceptors (Lipinski definition) is 6. The van der Waals surface area contributed by atoms with Crippen LogP contribution in [0.15, 0.2) is 75.9 Å². The van der Waals surface area contributed by atoms with Crippen LogP contribution >= 0.6 is 11.6 Å². The highest BCUT2D eigenvalue weighted by atomic mass is 35.5. The van der Waals surface area contributed by atoms with Gasteiger partial charge in [0.25, 0.3) is 5.91 Å². The Morgan fingerprint density at radius 2 is 1.87 bits per heavy atom. The van der Waals surface area contributed by atoms with Crippen molar-refractivity contribution in [3.8, 4) is 17.3 Å². The molecule has 0 saturated heterocycles. The van der Waals surface area contributed by atoms with E-state index in [1.54, 1.807) is 56.5 Å². The third-order valence-electron chi connectivity index (χ3n) is 4.55. The summed E-state index contributed by atoms with van der Waals surface area (Å²) in [6.45, 7) is 3.40. The fourth-order valence-electron chi connectivity index (χ4n) is 2.91. The quantitative estimate of drug-likeness (QED) is 0.418. The molecule has 0 bridgehead atoms. The average Bonchev–Trinajstić information content (AvgIpc) is 3.43. The van der Waals surface area contributed by atoms with Gasteiger partial charge in [-0.1, -0.05) is 35.0 Å². The first-order valence-corrected chi connectivity index (χ1v) is 9.99. The normalized spacial score (nSPS) is 11.3. The van der Waals surface area contributed by atoms with Gasteiger partial charge in [-0.3, -0.25) is 4.79 Å². The second kappa shape index (κ2) is 8.65. The fraction of sp³-hybridized carbons (Fsp3) is 0.174. The van der Waals surface area contributed by atoms with Crippen molar-refractivity contribution >= 4 is 23.2 Å². The van der Waals surface area contributed by atoms with Crippen molar-refractivity contribution in [1.82, 2.24) is 10.1 Å². The summed E-state index contributed by atoms with van der Waals surface area (Å²) in [5.74, 6) is 1.56. The molecule has 0 aliphatic rings. The van der Waals surface area contributed by atoms with Crippen molar-refractivity contribution in [2.75, 3.05) is 5.32 Å². The number of nitrogens with one attached hydrogen (secondary N) is 1. The maximum Gasteiger partial charge on any atom is 0.267 e. The lowest BCUT2D eigenvalue weighted by molar-refractivity contribution is -0.128. The third-order valence-corrected chi connectivity index (χ3v) is 4.80. The molecule has 0 saturated carbocycles. The van der Waals surface area contributed by atoms with Crippen molar-refractivity contribution in [1.29, 1.82) is 0 Å². The number of rotatable bonds is 7. The number of halogens is 1. The standard InChI is InChI=1S/C23H20ClN3O4/c1-23(2,30-17-11-9-16(24)10-12-17)22(28)25-18-7-4-3-6-15(18)14-20-26-21(27-31-20)19-8-5-13-29-19/h3-13H,14H2,1-2H3,(H,25,28). The third kappa shape index (κ3) is 4.95. The SMILES string of the molecule is CC(C)(Oc1ccc(Cl)cc1)C(=O)Nc1ccccc1Cc1nc(-c2ccco2)no1. The highest BCUT2D eigenvalue weighted by Crippen LogP contribution is 2.25. The largest absolute Gasteiger partial charge is 0.478 e. The summed E-state index contributed by atoms with van der Waals surface area (Å²) in [6, 6.07) is 17.8. The molecule has 1 N–H and O–H groups in total. The number of carbonyl (C=O) groups is 1. The van der Waals surface area contributed by atoms with Crippen LogP contribution in [0.3, 0.4) is 0 Å².